The molecule has 0 bridgehead atoms. The molecule has 110 valence electrons. The third-order valence-electron chi connectivity index (χ3n) is 3.04. The molecule has 1 aromatic carbocycles. The van der Waals surface area contributed by atoms with Crippen LogP contribution in [-0.4, -0.2) is 10.9 Å². The molecule has 0 aliphatic rings. The van der Waals surface area contributed by atoms with E-state index in [0.29, 0.717) is 10.3 Å². The van der Waals surface area contributed by atoms with E-state index in [0.717, 1.165) is 5.56 Å². The summed E-state index contributed by atoms with van der Waals surface area (Å²) in [6.07, 6.45) is 1.47. The highest BCUT2D eigenvalue weighted by atomic mass is 79.9. The van der Waals surface area contributed by atoms with Crippen molar-refractivity contribution in [1.29, 1.82) is 5.26 Å². The molecule has 1 atom stereocenters. The Balaban J connectivity index is 2.14. The maximum atomic E-state index is 12.2. The van der Waals surface area contributed by atoms with Crippen LogP contribution in [0.3, 0.4) is 0 Å². The number of carbonyl (C=O) groups is 1. The van der Waals surface area contributed by atoms with Crippen LogP contribution in [0.4, 0.5) is 0 Å². The lowest BCUT2D eigenvalue weighted by Crippen LogP contribution is -2.27. The van der Waals surface area contributed by atoms with Crippen LogP contribution in [-0.2, 0) is 4.79 Å². The van der Waals surface area contributed by atoms with Gasteiger partial charge in [-0.3, -0.25) is 4.79 Å². The van der Waals surface area contributed by atoms with Gasteiger partial charge in [-0.15, -0.1) is 0 Å². The van der Waals surface area contributed by atoms with Crippen molar-refractivity contribution in [3.8, 4) is 6.07 Å². The van der Waals surface area contributed by atoms with Gasteiger partial charge >= 0.3 is 0 Å². The van der Waals surface area contributed by atoms with Crippen molar-refractivity contribution in [3.63, 3.8) is 0 Å². The highest BCUT2D eigenvalue weighted by Gasteiger charge is 2.13. The van der Waals surface area contributed by atoms with Gasteiger partial charge in [0.15, 0.2) is 0 Å². The molecule has 0 aliphatic carbocycles. The molecule has 0 spiro atoms. The summed E-state index contributed by atoms with van der Waals surface area (Å²) in [5, 5.41) is 12.0. The number of halogens is 1. The number of hydrogen-bond donors (Lipinski definition) is 1. The van der Waals surface area contributed by atoms with Crippen LogP contribution in [0.1, 0.15) is 24.2 Å². The highest BCUT2D eigenvalue weighted by molar-refractivity contribution is 9.10. The van der Waals surface area contributed by atoms with E-state index in [9.17, 15) is 10.1 Å². The molecule has 4 nitrogen and oxygen atoms in total. The summed E-state index contributed by atoms with van der Waals surface area (Å²) in [5.41, 5.74) is 1.55. The first-order valence-electron chi connectivity index (χ1n) is 6.70. The molecule has 2 aromatic rings. The third kappa shape index (κ3) is 4.27. The van der Waals surface area contributed by atoms with Crippen molar-refractivity contribution in [2.24, 2.45) is 0 Å². The van der Waals surface area contributed by atoms with Gasteiger partial charge in [-0.1, -0.05) is 36.4 Å². The van der Waals surface area contributed by atoms with Gasteiger partial charge in [0.2, 0.25) is 0 Å². The number of aromatic nitrogens is 1. The summed E-state index contributed by atoms with van der Waals surface area (Å²) < 4.78 is 0.650. The summed E-state index contributed by atoms with van der Waals surface area (Å²) in [6.45, 7) is 1.87. The molecule has 1 heterocycles. The molecule has 0 radical (unpaired) electrons. The number of pyridine rings is 1. The molecule has 0 saturated carbocycles. The SMILES string of the molecule is C[C@H](NC(=O)/C(C#N)=C\c1cccc(Br)n1)c1ccccc1. The Morgan fingerprint density at radius 3 is 2.64 bits per heavy atom. The van der Waals surface area contributed by atoms with Crippen molar-refractivity contribution in [3.05, 3.63) is 70.0 Å². The van der Waals surface area contributed by atoms with Crippen LogP contribution in [0.5, 0.6) is 0 Å². The summed E-state index contributed by atoms with van der Waals surface area (Å²) in [6, 6.07) is 16.6. The fourth-order valence-corrected chi connectivity index (χ4v) is 2.26. The van der Waals surface area contributed by atoms with Gasteiger partial charge in [0, 0.05) is 0 Å². The van der Waals surface area contributed by atoms with Crippen molar-refractivity contribution >= 4 is 27.9 Å². The second-order valence-electron chi connectivity index (χ2n) is 4.66. The van der Waals surface area contributed by atoms with Crippen LogP contribution < -0.4 is 5.32 Å². The van der Waals surface area contributed by atoms with Crippen LogP contribution in [0.25, 0.3) is 6.08 Å². The van der Waals surface area contributed by atoms with Crippen molar-refractivity contribution in [2.45, 2.75) is 13.0 Å². The average Bonchev–Trinajstić information content (AvgIpc) is 2.53. The molecule has 0 fully saturated rings. The predicted octanol–water partition coefficient (Wildman–Crippen LogP) is 3.63. The summed E-state index contributed by atoms with van der Waals surface area (Å²) in [4.78, 5) is 16.4. The van der Waals surface area contributed by atoms with Gasteiger partial charge < -0.3 is 5.32 Å². The van der Waals surface area contributed by atoms with E-state index in [2.05, 4.69) is 26.2 Å². The molecular formula is C17H14BrN3O. The Kier molecular flexibility index (Phi) is 5.45. The molecule has 1 aromatic heterocycles. The van der Waals surface area contributed by atoms with Crippen LogP contribution in [0, 0.1) is 11.3 Å². The minimum absolute atomic E-state index is 0.0216. The van der Waals surface area contributed by atoms with E-state index in [1.807, 2.05) is 43.3 Å². The number of carbonyl (C=O) groups excluding carboxylic acids is 1. The number of benzene rings is 1. The number of nitrogens with zero attached hydrogens (tertiary/aromatic N) is 2. The first-order valence-corrected chi connectivity index (χ1v) is 7.49. The molecule has 5 heteroatoms. The number of nitrogens with one attached hydrogen (secondary N) is 1. The lowest BCUT2D eigenvalue weighted by atomic mass is 10.1. The van der Waals surface area contributed by atoms with E-state index in [1.165, 1.54) is 6.08 Å². The summed E-state index contributed by atoms with van der Waals surface area (Å²) in [7, 11) is 0. The first-order chi connectivity index (χ1) is 10.6. The third-order valence-corrected chi connectivity index (χ3v) is 3.48. The van der Waals surface area contributed by atoms with Crippen molar-refractivity contribution in [1.82, 2.24) is 10.3 Å². The maximum absolute atomic E-state index is 12.2. The largest absolute Gasteiger partial charge is 0.345 e. The lowest BCUT2D eigenvalue weighted by Gasteiger charge is -2.13. The summed E-state index contributed by atoms with van der Waals surface area (Å²) >= 11 is 3.26. The molecule has 1 N–H and O–H groups in total. The normalized spacial score (nSPS) is 12.3. The standard InChI is InChI=1S/C17H14BrN3O/c1-12(13-6-3-2-4-7-13)20-17(22)14(11-19)10-15-8-5-9-16(18)21-15/h2-10,12H,1H3,(H,20,22)/b14-10-/t12-/m0/s1. The number of rotatable bonds is 4. The Labute approximate surface area is 137 Å². The first kappa shape index (κ1) is 15.9. The lowest BCUT2D eigenvalue weighted by molar-refractivity contribution is -0.117. The maximum Gasteiger partial charge on any atom is 0.262 e. The minimum Gasteiger partial charge on any atom is -0.345 e. The van der Waals surface area contributed by atoms with Crippen LogP contribution in [0.15, 0.2) is 58.7 Å². The molecule has 0 unspecified atom stereocenters. The van der Waals surface area contributed by atoms with E-state index < -0.39 is 5.91 Å². The van der Waals surface area contributed by atoms with Gasteiger partial charge in [0.05, 0.1) is 11.7 Å². The second-order valence-corrected chi connectivity index (χ2v) is 5.47. The molecule has 1 amide bonds. The van der Waals surface area contributed by atoms with Gasteiger partial charge in [-0.05, 0) is 46.6 Å². The zero-order valence-corrected chi connectivity index (χ0v) is 13.5. The van der Waals surface area contributed by atoms with E-state index in [4.69, 9.17) is 0 Å². The second kappa shape index (κ2) is 7.53. The van der Waals surface area contributed by atoms with E-state index >= 15 is 0 Å². The molecule has 0 saturated heterocycles. The predicted molar refractivity (Wildman–Crippen MR) is 88.5 cm³/mol. The zero-order valence-electron chi connectivity index (χ0n) is 12.0. The smallest absolute Gasteiger partial charge is 0.262 e. The van der Waals surface area contributed by atoms with E-state index in [1.54, 1.807) is 18.2 Å². The quantitative estimate of drug-likeness (QED) is 0.517. The highest BCUT2D eigenvalue weighted by Crippen LogP contribution is 2.13. The van der Waals surface area contributed by atoms with Crippen LogP contribution in [0.2, 0.25) is 0 Å². The summed E-state index contributed by atoms with van der Waals surface area (Å²) in [5.74, 6) is -0.416. The molecular weight excluding hydrogens is 342 g/mol. The van der Waals surface area contributed by atoms with Gasteiger partial charge in [0.25, 0.3) is 5.91 Å². The van der Waals surface area contributed by atoms with Gasteiger partial charge in [-0.2, -0.15) is 5.26 Å². The fourth-order valence-electron chi connectivity index (χ4n) is 1.90. The van der Waals surface area contributed by atoms with Gasteiger partial charge in [-0.25, -0.2) is 4.98 Å². The monoisotopic (exact) mass is 355 g/mol. The zero-order chi connectivity index (χ0) is 15.9. The van der Waals surface area contributed by atoms with Gasteiger partial charge in [0.1, 0.15) is 16.2 Å². The Bertz CT molecular complexity index is 735. The number of hydrogen-bond acceptors (Lipinski definition) is 3. The minimum atomic E-state index is -0.416. The number of nitriles is 1. The Morgan fingerprint density at radius 1 is 1.27 bits per heavy atom. The Morgan fingerprint density at radius 2 is 2.00 bits per heavy atom. The van der Waals surface area contributed by atoms with E-state index in [-0.39, 0.29) is 11.6 Å². The molecule has 0 aliphatic heterocycles. The molecule has 22 heavy (non-hydrogen) atoms. The van der Waals surface area contributed by atoms with Crippen molar-refractivity contribution < 1.29 is 4.79 Å². The number of amides is 1. The topological polar surface area (TPSA) is 65.8 Å². The average molecular weight is 356 g/mol. The fraction of sp³-hybridized carbons (Fsp3) is 0.118. The van der Waals surface area contributed by atoms with Crippen LogP contribution >= 0.6 is 15.9 Å². The molecule has 2 rings (SSSR count). The van der Waals surface area contributed by atoms with Crippen molar-refractivity contribution in [2.75, 3.05) is 0 Å². The Hall–Kier alpha value is -2.45.